The fraction of sp³-hybridized carbons (Fsp3) is 0.467. The normalized spacial score (nSPS) is 20.1. The Balaban J connectivity index is 1.86. The van der Waals surface area contributed by atoms with E-state index in [1.807, 2.05) is 16.8 Å². The van der Waals surface area contributed by atoms with E-state index in [0.29, 0.717) is 13.2 Å². The molecule has 20 heavy (non-hydrogen) atoms. The fourth-order valence-corrected chi connectivity index (χ4v) is 2.69. The molecule has 104 valence electrons. The number of nitriles is 1. The van der Waals surface area contributed by atoms with Crippen LogP contribution in [0.4, 0.5) is 0 Å². The van der Waals surface area contributed by atoms with Gasteiger partial charge in [-0.25, -0.2) is 0 Å². The molecule has 1 aliphatic rings. The van der Waals surface area contributed by atoms with Crippen molar-refractivity contribution in [2.75, 3.05) is 19.7 Å². The highest BCUT2D eigenvalue weighted by Crippen LogP contribution is 2.20. The molecule has 0 bridgehead atoms. The first kappa shape index (κ1) is 13.1. The number of rotatable bonds is 3. The number of aryl methyl sites for hydroxylation is 1. The van der Waals surface area contributed by atoms with Gasteiger partial charge in [-0.1, -0.05) is 18.2 Å². The summed E-state index contributed by atoms with van der Waals surface area (Å²) in [5, 5.41) is 14.9. The van der Waals surface area contributed by atoms with Crippen LogP contribution < -0.4 is 0 Å². The molecule has 1 fully saturated rings. The highest BCUT2D eigenvalue weighted by atomic mass is 16.5. The molecule has 0 saturated carbocycles. The Hall–Kier alpha value is -1.90. The van der Waals surface area contributed by atoms with Gasteiger partial charge in [-0.2, -0.15) is 10.4 Å². The second-order valence-electron chi connectivity index (χ2n) is 5.00. The van der Waals surface area contributed by atoms with Crippen LogP contribution in [0.3, 0.4) is 0 Å². The van der Waals surface area contributed by atoms with E-state index >= 15 is 0 Å². The van der Waals surface area contributed by atoms with Gasteiger partial charge in [0.05, 0.1) is 23.9 Å². The summed E-state index contributed by atoms with van der Waals surface area (Å²) >= 11 is 0. The van der Waals surface area contributed by atoms with E-state index in [-0.39, 0.29) is 6.10 Å². The maximum atomic E-state index is 8.97. The van der Waals surface area contributed by atoms with Crippen LogP contribution in [0.1, 0.15) is 12.6 Å². The van der Waals surface area contributed by atoms with E-state index in [0.717, 1.165) is 25.3 Å². The molecule has 1 aliphatic heterocycles. The molecule has 1 aromatic carbocycles. The minimum absolute atomic E-state index is 0.316. The maximum absolute atomic E-state index is 8.97. The summed E-state index contributed by atoms with van der Waals surface area (Å²) in [5.41, 5.74) is 2.26. The number of para-hydroxylation sites is 1. The molecule has 2 aromatic rings. The largest absolute Gasteiger partial charge is 0.361 e. The predicted molar refractivity (Wildman–Crippen MR) is 76.0 cm³/mol. The zero-order valence-corrected chi connectivity index (χ0v) is 11.6. The molecule has 3 rings (SSSR count). The van der Waals surface area contributed by atoms with Crippen molar-refractivity contribution >= 4 is 10.9 Å². The van der Waals surface area contributed by atoms with Gasteiger partial charge in [0.25, 0.3) is 0 Å². The molecule has 0 aliphatic carbocycles. The Morgan fingerprint density at radius 2 is 2.30 bits per heavy atom. The first-order valence-corrected chi connectivity index (χ1v) is 7.00. The first-order chi connectivity index (χ1) is 9.81. The standard InChI is InChI=1S/C15H18N4O/c1-2-19-15-6-4-3-5-13(15)14(17-19)11-18-7-8-20-12(9-16)10-18/h3-6,12H,2,7-8,10-11H2,1H3. The maximum Gasteiger partial charge on any atom is 0.156 e. The number of ether oxygens (including phenoxy) is 1. The number of fused-ring (bicyclic) bond motifs is 1. The van der Waals surface area contributed by atoms with Crippen molar-refractivity contribution in [3.05, 3.63) is 30.0 Å². The van der Waals surface area contributed by atoms with Crippen LogP contribution in [0.15, 0.2) is 24.3 Å². The summed E-state index contributed by atoms with van der Waals surface area (Å²) in [5.74, 6) is 0. The number of benzene rings is 1. The van der Waals surface area contributed by atoms with Gasteiger partial charge in [0.15, 0.2) is 6.10 Å². The third-order valence-corrected chi connectivity index (χ3v) is 3.70. The minimum Gasteiger partial charge on any atom is -0.361 e. The van der Waals surface area contributed by atoms with Crippen molar-refractivity contribution in [2.45, 2.75) is 26.1 Å². The number of hydrogen-bond donors (Lipinski definition) is 0. The molecule has 1 saturated heterocycles. The van der Waals surface area contributed by atoms with Gasteiger partial charge in [-0.15, -0.1) is 0 Å². The van der Waals surface area contributed by atoms with E-state index in [2.05, 4.69) is 30.0 Å². The fourth-order valence-electron chi connectivity index (χ4n) is 2.69. The molecule has 0 N–H and O–H groups in total. The van der Waals surface area contributed by atoms with Crippen molar-refractivity contribution in [3.63, 3.8) is 0 Å². The molecule has 5 nitrogen and oxygen atoms in total. The van der Waals surface area contributed by atoms with Gasteiger partial charge < -0.3 is 4.74 Å². The molecule has 5 heteroatoms. The van der Waals surface area contributed by atoms with Gasteiger partial charge in [-0.05, 0) is 13.0 Å². The molecule has 1 unspecified atom stereocenters. The molecular formula is C15H18N4O. The van der Waals surface area contributed by atoms with Crippen LogP contribution >= 0.6 is 0 Å². The zero-order chi connectivity index (χ0) is 13.9. The Labute approximate surface area is 118 Å². The van der Waals surface area contributed by atoms with Gasteiger partial charge in [0, 0.05) is 31.6 Å². The van der Waals surface area contributed by atoms with Crippen molar-refractivity contribution in [1.29, 1.82) is 5.26 Å². The Kier molecular flexibility index (Phi) is 3.68. The molecule has 0 radical (unpaired) electrons. The van der Waals surface area contributed by atoms with E-state index in [4.69, 9.17) is 15.1 Å². The quantitative estimate of drug-likeness (QED) is 0.853. The van der Waals surface area contributed by atoms with Crippen LogP contribution in [0.25, 0.3) is 10.9 Å². The Morgan fingerprint density at radius 3 is 3.10 bits per heavy atom. The van der Waals surface area contributed by atoms with E-state index in [1.54, 1.807) is 0 Å². The van der Waals surface area contributed by atoms with Crippen molar-refractivity contribution in [3.8, 4) is 6.07 Å². The van der Waals surface area contributed by atoms with Gasteiger partial charge in [0.2, 0.25) is 0 Å². The lowest BCUT2D eigenvalue weighted by molar-refractivity contribution is -0.00304. The van der Waals surface area contributed by atoms with Crippen LogP contribution in [0.2, 0.25) is 0 Å². The number of morpholine rings is 1. The Bertz CT molecular complexity index is 643. The summed E-state index contributed by atoms with van der Waals surface area (Å²) in [4.78, 5) is 2.24. The van der Waals surface area contributed by atoms with Crippen LogP contribution in [0.5, 0.6) is 0 Å². The molecule has 1 aromatic heterocycles. The third kappa shape index (κ3) is 2.40. The predicted octanol–water partition coefficient (Wildman–Crippen LogP) is 1.78. The zero-order valence-electron chi connectivity index (χ0n) is 11.6. The first-order valence-electron chi connectivity index (χ1n) is 7.00. The summed E-state index contributed by atoms with van der Waals surface area (Å²) < 4.78 is 7.42. The number of hydrogen-bond acceptors (Lipinski definition) is 4. The lowest BCUT2D eigenvalue weighted by atomic mass is 10.2. The molecule has 2 heterocycles. The Morgan fingerprint density at radius 1 is 1.45 bits per heavy atom. The number of nitrogens with zero attached hydrogens (tertiary/aromatic N) is 4. The van der Waals surface area contributed by atoms with E-state index in [9.17, 15) is 0 Å². The second-order valence-corrected chi connectivity index (χ2v) is 5.00. The number of aromatic nitrogens is 2. The molecule has 1 atom stereocenters. The van der Waals surface area contributed by atoms with E-state index < -0.39 is 0 Å². The molecule has 0 spiro atoms. The summed E-state index contributed by atoms with van der Waals surface area (Å²) in [7, 11) is 0. The lowest BCUT2D eigenvalue weighted by Crippen LogP contribution is -2.41. The average Bonchev–Trinajstić information content (AvgIpc) is 2.86. The lowest BCUT2D eigenvalue weighted by Gasteiger charge is -2.28. The average molecular weight is 270 g/mol. The summed E-state index contributed by atoms with van der Waals surface area (Å²) in [6.07, 6.45) is -0.316. The molecule has 0 amide bonds. The van der Waals surface area contributed by atoms with Gasteiger partial charge in [0.1, 0.15) is 0 Å². The van der Waals surface area contributed by atoms with Crippen LogP contribution in [-0.4, -0.2) is 40.5 Å². The van der Waals surface area contributed by atoms with Crippen LogP contribution in [0, 0.1) is 11.3 Å². The summed E-state index contributed by atoms with van der Waals surface area (Å²) in [6, 6.07) is 10.5. The second kappa shape index (κ2) is 5.61. The monoisotopic (exact) mass is 270 g/mol. The highest BCUT2D eigenvalue weighted by Gasteiger charge is 2.21. The van der Waals surface area contributed by atoms with Crippen molar-refractivity contribution in [2.24, 2.45) is 0 Å². The smallest absolute Gasteiger partial charge is 0.156 e. The van der Waals surface area contributed by atoms with Crippen molar-refractivity contribution in [1.82, 2.24) is 14.7 Å². The van der Waals surface area contributed by atoms with Crippen molar-refractivity contribution < 1.29 is 4.74 Å². The molecular weight excluding hydrogens is 252 g/mol. The third-order valence-electron chi connectivity index (χ3n) is 3.70. The highest BCUT2D eigenvalue weighted by molar-refractivity contribution is 5.81. The van der Waals surface area contributed by atoms with Crippen LogP contribution in [-0.2, 0) is 17.8 Å². The van der Waals surface area contributed by atoms with Gasteiger partial charge >= 0.3 is 0 Å². The minimum atomic E-state index is -0.316. The summed E-state index contributed by atoms with van der Waals surface area (Å²) in [6.45, 7) is 5.86. The topological polar surface area (TPSA) is 54.1 Å². The van der Waals surface area contributed by atoms with E-state index in [1.165, 1.54) is 10.9 Å². The van der Waals surface area contributed by atoms with Gasteiger partial charge in [-0.3, -0.25) is 9.58 Å². The SMILES string of the molecule is CCn1nc(CN2CCOC(C#N)C2)c2ccccc21.